The molecular weight excluding hydrogens is 430 g/mol. The van der Waals surface area contributed by atoms with Crippen LogP contribution in [-0.2, 0) is 21.2 Å². The van der Waals surface area contributed by atoms with Gasteiger partial charge in [-0.2, -0.15) is 0 Å². The van der Waals surface area contributed by atoms with E-state index >= 15 is 0 Å². The van der Waals surface area contributed by atoms with Gasteiger partial charge in [0.1, 0.15) is 5.82 Å². The van der Waals surface area contributed by atoms with Crippen molar-refractivity contribution in [3.8, 4) is 11.1 Å². The van der Waals surface area contributed by atoms with E-state index in [1.165, 1.54) is 18.3 Å². The van der Waals surface area contributed by atoms with Crippen LogP contribution < -0.4 is 10.0 Å². The number of nitrogens with one attached hydrogen (secondary N) is 2. The van der Waals surface area contributed by atoms with E-state index in [0.29, 0.717) is 6.42 Å². The molecule has 166 valence electrons. The van der Waals surface area contributed by atoms with Gasteiger partial charge in [0.15, 0.2) is 0 Å². The van der Waals surface area contributed by atoms with E-state index in [1.807, 2.05) is 54.6 Å². The Kier molecular flexibility index (Phi) is 7.21. The number of amides is 1. The Morgan fingerprint density at radius 3 is 2.19 bits per heavy atom. The van der Waals surface area contributed by atoms with Crippen molar-refractivity contribution in [1.29, 1.82) is 0 Å². The largest absolute Gasteiger partial charge is 0.481 e. The van der Waals surface area contributed by atoms with E-state index in [9.17, 15) is 23.1 Å². The first-order valence-electron chi connectivity index (χ1n) is 9.80. The maximum Gasteiger partial charge on any atom is 0.305 e. The highest BCUT2D eigenvalue weighted by molar-refractivity contribution is 7.92. The summed E-state index contributed by atoms with van der Waals surface area (Å²) in [4.78, 5) is 27.8. The van der Waals surface area contributed by atoms with Crippen molar-refractivity contribution < 1.29 is 23.1 Å². The summed E-state index contributed by atoms with van der Waals surface area (Å²) in [7, 11) is -3.48. The number of carbonyl (C=O) groups is 2. The minimum Gasteiger partial charge on any atom is -0.481 e. The first-order valence-corrected chi connectivity index (χ1v) is 11.7. The molecule has 9 heteroatoms. The van der Waals surface area contributed by atoms with Crippen LogP contribution in [0.25, 0.3) is 11.1 Å². The third-order valence-electron chi connectivity index (χ3n) is 4.62. The summed E-state index contributed by atoms with van der Waals surface area (Å²) in [5.41, 5.74) is 3.21. The maximum absolute atomic E-state index is 12.6. The highest BCUT2D eigenvalue weighted by atomic mass is 32.2. The zero-order valence-corrected chi connectivity index (χ0v) is 18.2. The number of anilines is 1. The lowest BCUT2D eigenvalue weighted by Crippen LogP contribution is -2.38. The third-order valence-corrected chi connectivity index (χ3v) is 5.19. The van der Waals surface area contributed by atoms with Gasteiger partial charge in [-0.05, 0) is 35.2 Å². The van der Waals surface area contributed by atoms with Crippen LogP contribution >= 0.6 is 0 Å². The number of hydrogen-bond acceptors (Lipinski definition) is 5. The average molecular weight is 454 g/mol. The minimum absolute atomic E-state index is 0.0876. The Bertz CT molecular complexity index is 1180. The molecule has 3 N–H and O–H groups in total. The van der Waals surface area contributed by atoms with Crippen molar-refractivity contribution in [2.45, 2.75) is 18.9 Å². The number of rotatable bonds is 9. The molecule has 32 heavy (non-hydrogen) atoms. The Morgan fingerprint density at radius 1 is 0.969 bits per heavy atom. The summed E-state index contributed by atoms with van der Waals surface area (Å²) in [6.07, 6.45) is 2.33. The average Bonchev–Trinajstić information content (AvgIpc) is 2.74. The van der Waals surface area contributed by atoms with Crippen molar-refractivity contribution in [2.24, 2.45) is 0 Å². The SMILES string of the molecule is CS(=O)(=O)Nc1ccc(C(=O)NC(CC(=O)O)Cc2ccc(-c3ccccc3)cc2)cn1. The number of benzene rings is 2. The van der Waals surface area contributed by atoms with Gasteiger partial charge < -0.3 is 10.4 Å². The fourth-order valence-electron chi connectivity index (χ4n) is 3.18. The van der Waals surface area contributed by atoms with Crippen molar-refractivity contribution in [3.63, 3.8) is 0 Å². The number of aromatic nitrogens is 1. The van der Waals surface area contributed by atoms with Crippen molar-refractivity contribution >= 4 is 27.7 Å². The molecule has 0 aliphatic heterocycles. The van der Waals surface area contributed by atoms with Crippen LogP contribution in [0.4, 0.5) is 5.82 Å². The number of carbonyl (C=O) groups excluding carboxylic acids is 1. The zero-order valence-electron chi connectivity index (χ0n) is 17.4. The molecule has 0 aliphatic rings. The van der Waals surface area contributed by atoms with Crippen LogP contribution in [0, 0.1) is 0 Å². The van der Waals surface area contributed by atoms with Gasteiger partial charge in [0.05, 0.1) is 18.2 Å². The summed E-state index contributed by atoms with van der Waals surface area (Å²) in [5.74, 6) is -1.43. The van der Waals surface area contributed by atoms with Gasteiger partial charge in [-0.1, -0.05) is 54.6 Å². The number of pyridine rings is 1. The Labute approximate surface area is 186 Å². The summed E-state index contributed by atoms with van der Waals surface area (Å²) in [6, 6.07) is 19.8. The Balaban J connectivity index is 1.68. The molecule has 0 spiro atoms. The smallest absolute Gasteiger partial charge is 0.305 e. The topological polar surface area (TPSA) is 125 Å². The predicted octanol–water partition coefficient (Wildman–Crippen LogP) is 2.94. The van der Waals surface area contributed by atoms with E-state index < -0.39 is 27.9 Å². The first-order chi connectivity index (χ1) is 15.2. The van der Waals surface area contributed by atoms with Crippen molar-refractivity contribution in [2.75, 3.05) is 11.0 Å². The van der Waals surface area contributed by atoms with Crippen LogP contribution in [0.1, 0.15) is 22.3 Å². The van der Waals surface area contributed by atoms with Gasteiger partial charge in [0.2, 0.25) is 10.0 Å². The quantitative estimate of drug-likeness (QED) is 0.457. The predicted molar refractivity (Wildman–Crippen MR) is 122 cm³/mol. The number of carboxylic acids is 1. The van der Waals surface area contributed by atoms with E-state index in [4.69, 9.17) is 0 Å². The third kappa shape index (κ3) is 6.92. The normalized spacial score (nSPS) is 12.0. The molecule has 1 heterocycles. The highest BCUT2D eigenvalue weighted by Crippen LogP contribution is 2.20. The summed E-state index contributed by atoms with van der Waals surface area (Å²) < 4.78 is 24.7. The molecule has 1 amide bonds. The molecule has 0 aliphatic carbocycles. The van der Waals surface area contributed by atoms with Crippen LogP contribution in [0.3, 0.4) is 0 Å². The lowest BCUT2D eigenvalue weighted by molar-refractivity contribution is -0.137. The number of sulfonamides is 1. The van der Waals surface area contributed by atoms with E-state index in [-0.39, 0.29) is 17.8 Å². The second kappa shape index (κ2) is 10.1. The van der Waals surface area contributed by atoms with Gasteiger partial charge in [-0.15, -0.1) is 0 Å². The molecule has 1 unspecified atom stereocenters. The lowest BCUT2D eigenvalue weighted by Gasteiger charge is -2.17. The van der Waals surface area contributed by atoms with E-state index in [1.54, 1.807) is 0 Å². The van der Waals surface area contributed by atoms with Crippen LogP contribution in [0.15, 0.2) is 72.9 Å². The standard InChI is InChI=1S/C23H23N3O5S/c1-32(30,31)26-21-12-11-19(15-24-21)23(29)25-20(14-22(27)28)13-16-7-9-18(10-8-16)17-5-3-2-4-6-17/h2-12,15,20H,13-14H2,1H3,(H,24,26)(H,25,29)(H,27,28). The molecule has 0 saturated carbocycles. The molecule has 3 rings (SSSR count). The first kappa shape index (κ1) is 23.0. The maximum atomic E-state index is 12.6. The van der Waals surface area contributed by atoms with E-state index in [0.717, 1.165) is 22.9 Å². The van der Waals surface area contributed by atoms with Crippen molar-refractivity contribution in [3.05, 3.63) is 84.1 Å². The van der Waals surface area contributed by atoms with Crippen molar-refractivity contribution in [1.82, 2.24) is 10.3 Å². The summed E-state index contributed by atoms with van der Waals surface area (Å²) in [6.45, 7) is 0. The molecular formula is C23H23N3O5S. The van der Waals surface area contributed by atoms with Gasteiger partial charge in [-0.25, -0.2) is 13.4 Å². The minimum atomic E-state index is -3.48. The fraction of sp³-hybridized carbons (Fsp3) is 0.174. The summed E-state index contributed by atoms with van der Waals surface area (Å²) >= 11 is 0. The van der Waals surface area contributed by atoms with Gasteiger partial charge in [-0.3, -0.25) is 14.3 Å². The number of hydrogen-bond donors (Lipinski definition) is 3. The van der Waals surface area contributed by atoms with Gasteiger partial charge in [0.25, 0.3) is 5.91 Å². The molecule has 1 atom stereocenters. The molecule has 0 bridgehead atoms. The highest BCUT2D eigenvalue weighted by Gasteiger charge is 2.18. The number of carboxylic acid groups (broad SMARTS) is 1. The van der Waals surface area contributed by atoms with E-state index in [2.05, 4.69) is 15.0 Å². The molecule has 2 aromatic carbocycles. The molecule has 1 aromatic heterocycles. The Hall–Kier alpha value is -3.72. The molecule has 3 aromatic rings. The molecule has 0 radical (unpaired) electrons. The zero-order chi connectivity index (χ0) is 23.1. The van der Waals surface area contributed by atoms with Gasteiger partial charge in [0, 0.05) is 12.2 Å². The van der Waals surface area contributed by atoms with Crippen LogP contribution in [0.5, 0.6) is 0 Å². The Morgan fingerprint density at radius 2 is 1.62 bits per heavy atom. The molecule has 0 fully saturated rings. The summed E-state index contributed by atoms with van der Waals surface area (Å²) in [5, 5.41) is 12.0. The fourth-order valence-corrected chi connectivity index (χ4v) is 3.68. The second-order valence-electron chi connectivity index (χ2n) is 7.34. The molecule has 0 saturated heterocycles. The monoisotopic (exact) mass is 453 g/mol. The molecule has 8 nitrogen and oxygen atoms in total. The number of nitrogens with zero attached hydrogens (tertiary/aromatic N) is 1. The number of aliphatic carboxylic acids is 1. The van der Waals surface area contributed by atoms with Crippen LogP contribution in [0.2, 0.25) is 0 Å². The lowest BCUT2D eigenvalue weighted by atomic mass is 9.99. The van der Waals surface area contributed by atoms with Gasteiger partial charge >= 0.3 is 5.97 Å². The van der Waals surface area contributed by atoms with Crippen LogP contribution in [-0.4, -0.2) is 42.7 Å². The second-order valence-corrected chi connectivity index (χ2v) is 9.09.